The second-order valence-corrected chi connectivity index (χ2v) is 10.0. The Morgan fingerprint density at radius 1 is 1.03 bits per heavy atom. The van der Waals surface area contributed by atoms with E-state index < -0.39 is 11.3 Å². The first-order valence-electron chi connectivity index (χ1n) is 11.4. The van der Waals surface area contributed by atoms with Crippen molar-refractivity contribution in [3.8, 4) is 0 Å². The van der Waals surface area contributed by atoms with Gasteiger partial charge in [-0.25, -0.2) is 8.78 Å². The van der Waals surface area contributed by atoms with Crippen molar-refractivity contribution in [2.24, 2.45) is 5.41 Å². The molecule has 31 heavy (non-hydrogen) atoms. The van der Waals surface area contributed by atoms with Crippen molar-refractivity contribution in [1.82, 2.24) is 10.2 Å². The van der Waals surface area contributed by atoms with Gasteiger partial charge in [0.2, 0.25) is 5.92 Å². The minimum absolute atomic E-state index is 0.0656. The van der Waals surface area contributed by atoms with Gasteiger partial charge in [0.05, 0.1) is 5.69 Å². The molecule has 1 aromatic carbocycles. The number of benzene rings is 1. The number of alkyl halides is 2. The van der Waals surface area contributed by atoms with E-state index in [1.165, 1.54) is 5.57 Å². The predicted molar refractivity (Wildman–Crippen MR) is 119 cm³/mol. The minimum atomic E-state index is -2.61. The van der Waals surface area contributed by atoms with Gasteiger partial charge in [-0.05, 0) is 24.3 Å². The van der Waals surface area contributed by atoms with Crippen LogP contribution in [0.25, 0.3) is 0 Å². The van der Waals surface area contributed by atoms with Crippen molar-refractivity contribution >= 4 is 5.78 Å². The molecular formula is C26H32F2N2O. The molecule has 5 heteroatoms. The summed E-state index contributed by atoms with van der Waals surface area (Å²) in [6.45, 7) is 10.4. The minimum Gasteiger partial charge on any atom is -0.294 e. The summed E-state index contributed by atoms with van der Waals surface area (Å²) in [5, 5.41) is 7.69. The third kappa shape index (κ3) is 3.46. The van der Waals surface area contributed by atoms with Gasteiger partial charge >= 0.3 is 0 Å². The monoisotopic (exact) mass is 426 g/mol. The van der Waals surface area contributed by atoms with Crippen molar-refractivity contribution in [3.05, 3.63) is 64.0 Å². The van der Waals surface area contributed by atoms with Crippen molar-refractivity contribution in [2.45, 2.75) is 84.0 Å². The Hall–Kier alpha value is -2.30. The maximum Gasteiger partial charge on any atom is 0.249 e. The number of rotatable bonds is 2. The number of hydrogen-bond acceptors (Lipinski definition) is 2. The quantitative estimate of drug-likeness (QED) is 0.596. The zero-order valence-corrected chi connectivity index (χ0v) is 19.1. The lowest BCUT2D eigenvalue weighted by atomic mass is 9.57. The fourth-order valence-corrected chi connectivity index (χ4v) is 5.86. The molecule has 1 N–H and O–H groups in total. The van der Waals surface area contributed by atoms with Crippen molar-refractivity contribution in [3.63, 3.8) is 0 Å². The van der Waals surface area contributed by atoms with Gasteiger partial charge in [-0.3, -0.25) is 9.89 Å². The van der Waals surface area contributed by atoms with E-state index in [2.05, 4.69) is 31.0 Å². The Bertz CT molecular complexity index is 1030. The molecule has 5 rings (SSSR count). The average molecular weight is 427 g/mol. The van der Waals surface area contributed by atoms with Gasteiger partial charge in [-0.1, -0.05) is 63.6 Å². The number of fused-ring (bicyclic) bond motifs is 1. The van der Waals surface area contributed by atoms with E-state index in [1.54, 1.807) is 0 Å². The zero-order chi connectivity index (χ0) is 22.6. The second-order valence-electron chi connectivity index (χ2n) is 10.0. The maximum absolute atomic E-state index is 13.6. The second kappa shape index (κ2) is 7.39. The van der Waals surface area contributed by atoms with Gasteiger partial charge in [0.1, 0.15) is 0 Å². The topological polar surface area (TPSA) is 45.8 Å². The van der Waals surface area contributed by atoms with Crippen molar-refractivity contribution < 1.29 is 13.6 Å². The van der Waals surface area contributed by atoms with Gasteiger partial charge in [0.15, 0.2) is 5.78 Å². The van der Waals surface area contributed by atoms with Gasteiger partial charge in [-0.2, -0.15) is 5.10 Å². The number of halogens is 2. The number of nitrogens with one attached hydrogen (secondary N) is 1. The van der Waals surface area contributed by atoms with Crippen LogP contribution in [0.1, 0.15) is 88.7 Å². The number of carbonyl (C=O) groups excluding carboxylic acids is 1. The summed E-state index contributed by atoms with van der Waals surface area (Å²) < 4.78 is 27.3. The molecule has 1 saturated carbocycles. The number of Topliss-reactive ketones (excluding diaryl/α,β-unsaturated/α-hetero) is 1. The summed E-state index contributed by atoms with van der Waals surface area (Å²) in [7, 11) is 0. The number of allylic oxidation sites excluding steroid dienone is 2. The smallest absolute Gasteiger partial charge is 0.249 e. The summed E-state index contributed by atoms with van der Waals surface area (Å²) in [5.74, 6) is -2.69. The third-order valence-electron chi connectivity index (χ3n) is 7.05. The van der Waals surface area contributed by atoms with E-state index in [-0.39, 0.29) is 30.0 Å². The van der Waals surface area contributed by atoms with Crippen LogP contribution in [-0.2, 0) is 16.6 Å². The van der Waals surface area contributed by atoms with Crippen molar-refractivity contribution in [2.75, 3.05) is 0 Å². The maximum atomic E-state index is 13.6. The Labute approximate surface area is 183 Å². The molecule has 3 aliphatic rings. The molecule has 0 radical (unpaired) electrons. The highest BCUT2D eigenvalue weighted by atomic mass is 19.3. The van der Waals surface area contributed by atoms with E-state index in [4.69, 9.17) is 0 Å². The first-order chi connectivity index (χ1) is 14.6. The number of aromatic nitrogens is 2. The Kier molecular flexibility index (Phi) is 5.22. The summed E-state index contributed by atoms with van der Waals surface area (Å²) in [4.78, 5) is 13.4. The zero-order valence-electron chi connectivity index (χ0n) is 19.1. The Balaban J connectivity index is 0.00000112. The number of H-pyrrole nitrogens is 1. The molecule has 1 fully saturated rings. The molecule has 3 aliphatic carbocycles. The molecule has 1 atom stereocenters. The highest BCUT2D eigenvalue weighted by Gasteiger charge is 2.53. The van der Waals surface area contributed by atoms with Crippen LogP contribution in [0, 0.1) is 5.41 Å². The summed E-state index contributed by atoms with van der Waals surface area (Å²) >= 11 is 0. The molecule has 0 saturated heterocycles. The lowest BCUT2D eigenvalue weighted by molar-refractivity contribution is -0.118. The van der Waals surface area contributed by atoms with Crippen LogP contribution >= 0.6 is 0 Å². The predicted octanol–water partition coefficient (Wildman–Crippen LogP) is 6.50. The van der Waals surface area contributed by atoms with Crippen LogP contribution in [0.4, 0.5) is 8.78 Å². The molecule has 0 bridgehead atoms. The van der Waals surface area contributed by atoms with Gasteiger partial charge in [-0.15, -0.1) is 0 Å². The number of aromatic amines is 1. The summed E-state index contributed by atoms with van der Waals surface area (Å²) in [5.41, 5.74) is 4.98. The molecule has 1 aromatic heterocycles. The van der Waals surface area contributed by atoms with Crippen LogP contribution in [0.3, 0.4) is 0 Å². The van der Waals surface area contributed by atoms with Gasteiger partial charge in [0.25, 0.3) is 0 Å². The Morgan fingerprint density at radius 2 is 1.68 bits per heavy atom. The first kappa shape index (κ1) is 21.9. The summed E-state index contributed by atoms with van der Waals surface area (Å²) in [6, 6.07) is 9.99. The molecule has 3 nitrogen and oxygen atoms in total. The molecule has 2 aromatic rings. The number of hydrogen-bond donors (Lipinski definition) is 1. The standard InChI is InChI=1S/C24H26F2N2O.C2H6/c1-22(2)10-14-9-17-20(21(28-27-17)15-11-24(25,26)12-15)23(3,19(14)18(29)13-22)16-7-5-4-6-8-16;1-2/h4-8,15H,9-13H2,1-3H3,(H,27,28);1-2H3/t23-;/m1./s1. The molecular weight excluding hydrogens is 394 g/mol. The average Bonchev–Trinajstić information content (AvgIpc) is 3.11. The Morgan fingerprint density at radius 3 is 2.29 bits per heavy atom. The third-order valence-corrected chi connectivity index (χ3v) is 7.05. The number of ketones is 1. The molecule has 0 amide bonds. The highest BCUT2D eigenvalue weighted by Crippen LogP contribution is 2.56. The molecule has 0 spiro atoms. The fraction of sp³-hybridized carbons (Fsp3) is 0.538. The fourth-order valence-electron chi connectivity index (χ4n) is 5.86. The van der Waals surface area contributed by atoms with E-state index >= 15 is 0 Å². The number of carbonyl (C=O) groups is 1. The van der Waals surface area contributed by atoms with E-state index in [9.17, 15) is 13.6 Å². The van der Waals surface area contributed by atoms with Gasteiger partial charge in [0, 0.05) is 53.8 Å². The molecule has 0 aliphatic heterocycles. The van der Waals surface area contributed by atoms with Crippen LogP contribution < -0.4 is 0 Å². The van der Waals surface area contributed by atoms with E-state index in [0.29, 0.717) is 12.8 Å². The van der Waals surface area contributed by atoms with Crippen LogP contribution in [0.5, 0.6) is 0 Å². The normalized spacial score (nSPS) is 26.4. The summed E-state index contributed by atoms with van der Waals surface area (Å²) in [6.07, 6.45) is 1.70. The lowest BCUT2D eigenvalue weighted by Gasteiger charge is -2.45. The van der Waals surface area contributed by atoms with Crippen LogP contribution in [-0.4, -0.2) is 21.9 Å². The van der Waals surface area contributed by atoms with E-state index in [0.717, 1.165) is 34.5 Å². The first-order valence-corrected chi connectivity index (χ1v) is 11.4. The number of nitrogens with zero attached hydrogens (tertiary/aromatic N) is 1. The molecule has 166 valence electrons. The van der Waals surface area contributed by atoms with Crippen LogP contribution in [0.2, 0.25) is 0 Å². The largest absolute Gasteiger partial charge is 0.294 e. The van der Waals surface area contributed by atoms with Crippen molar-refractivity contribution in [1.29, 1.82) is 0 Å². The lowest BCUT2D eigenvalue weighted by Crippen LogP contribution is -2.42. The molecule has 0 unspecified atom stereocenters. The van der Waals surface area contributed by atoms with Crippen LogP contribution in [0.15, 0.2) is 41.5 Å². The van der Waals surface area contributed by atoms with E-state index in [1.807, 2.05) is 44.2 Å². The SMILES string of the molecule is CC.CC1(C)CC(=O)C2=C(Cc3[nH]nc(C4CC(F)(F)C4)c3[C@]2(C)c2ccccc2)C1. The molecule has 1 heterocycles. The van der Waals surface area contributed by atoms with Gasteiger partial charge < -0.3 is 0 Å². The highest BCUT2D eigenvalue weighted by molar-refractivity contribution is 6.01.